The van der Waals surface area contributed by atoms with Gasteiger partial charge in [-0.05, 0) is 19.4 Å². The highest BCUT2D eigenvalue weighted by Crippen LogP contribution is 2.05. The lowest BCUT2D eigenvalue weighted by Crippen LogP contribution is -2.51. The van der Waals surface area contributed by atoms with E-state index >= 15 is 0 Å². The van der Waals surface area contributed by atoms with E-state index in [1.807, 2.05) is 18.2 Å². The molecule has 2 N–H and O–H groups in total. The number of hydrogen-bond donors (Lipinski definition) is 2. The molecule has 0 fully saturated rings. The monoisotopic (exact) mass is 295 g/mol. The fourth-order valence-corrected chi connectivity index (χ4v) is 1.82. The van der Waals surface area contributed by atoms with Gasteiger partial charge in [0.05, 0.1) is 6.42 Å². The first-order valence-electron chi connectivity index (χ1n) is 6.87. The fraction of sp³-hybridized carbons (Fsp3) is 0.467. The van der Waals surface area contributed by atoms with Crippen LogP contribution in [-0.4, -0.2) is 42.5 Å². The van der Waals surface area contributed by atoms with E-state index in [1.165, 1.54) is 0 Å². The Kier molecular flexibility index (Phi) is 7.42. The van der Waals surface area contributed by atoms with Gasteiger partial charge in [-0.2, -0.15) is 0 Å². The number of rotatable bonds is 9. The SMILES string of the molecule is CCOC(OCC)[C@@H](NC(=O)Cc1ccccc1)C(=O)O. The Morgan fingerprint density at radius 1 is 1.14 bits per heavy atom. The van der Waals surface area contributed by atoms with Crippen molar-refractivity contribution in [3.05, 3.63) is 35.9 Å². The molecule has 0 spiro atoms. The van der Waals surface area contributed by atoms with Crippen LogP contribution in [0, 0.1) is 0 Å². The summed E-state index contributed by atoms with van der Waals surface area (Å²) in [5.74, 6) is -1.58. The maximum absolute atomic E-state index is 12.0. The van der Waals surface area contributed by atoms with Crippen LogP contribution in [-0.2, 0) is 25.5 Å². The Labute approximate surface area is 124 Å². The lowest BCUT2D eigenvalue weighted by atomic mass is 10.1. The molecule has 0 heterocycles. The van der Waals surface area contributed by atoms with Gasteiger partial charge in [0.1, 0.15) is 0 Å². The molecule has 1 rings (SSSR count). The summed E-state index contributed by atoms with van der Waals surface area (Å²) in [4.78, 5) is 23.3. The molecule has 0 aliphatic carbocycles. The maximum atomic E-state index is 12.0. The quantitative estimate of drug-likeness (QED) is 0.669. The highest BCUT2D eigenvalue weighted by molar-refractivity contribution is 5.85. The highest BCUT2D eigenvalue weighted by atomic mass is 16.7. The molecule has 1 atom stereocenters. The molecule has 6 heteroatoms. The zero-order chi connectivity index (χ0) is 15.7. The Balaban J connectivity index is 2.68. The number of carboxylic acids is 1. The van der Waals surface area contributed by atoms with Crippen molar-refractivity contribution >= 4 is 11.9 Å². The third-order valence-electron chi connectivity index (χ3n) is 2.72. The van der Waals surface area contributed by atoms with Gasteiger partial charge in [-0.3, -0.25) is 4.79 Å². The molecule has 1 aromatic rings. The van der Waals surface area contributed by atoms with Gasteiger partial charge in [-0.1, -0.05) is 30.3 Å². The summed E-state index contributed by atoms with van der Waals surface area (Å²) >= 11 is 0. The molecule has 0 saturated carbocycles. The third kappa shape index (κ3) is 5.93. The first kappa shape index (κ1) is 17.1. The molecule has 21 heavy (non-hydrogen) atoms. The molecule has 1 aromatic carbocycles. The maximum Gasteiger partial charge on any atom is 0.331 e. The molecule has 116 valence electrons. The molecule has 0 bridgehead atoms. The molecule has 0 saturated heterocycles. The van der Waals surface area contributed by atoms with Crippen LogP contribution in [0.4, 0.5) is 0 Å². The van der Waals surface area contributed by atoms with Crippen molar-refractivity contribution in [2.24, 2.45) is 0 Å². The minimum absolute atomic E-state index is 0.107. The van der Waals surface area contributed by atoms with Crippen molar-refractivity contribution < 1.29 is 24.2 Å². The average Bonchev–Trinajstić information content (AvgIpc) is 2.45. The molecule has 0 aromatic heterocycles. The van der Waals surface area contributed by atoms with Gasteiger partial charge in [0.15, 0.2) is 12.3 Å². The van der Waals surface area contributed by atoms with E-state index in [9.17, 15) is 14.7 Å². The first-order chi connectivity index (χ1) is 10.1. The second kappa shape index (κ2) is 9.10. The van der Waals surface area contributed by atoms with Crippen molar-refractivity contribution in [1.29, 1.82) is 0 Å². The summed E-state index contributed by atoms with van der Waals surface area (Å²) in [6, 6.07) is 7.86. The number of carbonyl (C=O) groups excluding carboxylic acids is 1. The van der Waals surface area contributed by atoms with Gasteiger partial charge < -0.3 is 19.9 Å². The number of benzene rings is 1. The van der Waals surface area contributed by atoms with Gasteiger partial charge in [-0.25, -0.2) is 4.79 Å². The summed E-state index contributed by atoms with van der Waals surface area (Å²) in [5, 5.41) is 11.7. The van der Waals surface area contributed by atoms with Crippen LogP contribution >= 0.6 is 0 Å². The predicted molar refractivity (Wildman–Crippen MR) is 76.8 cm³/mol. The number of amides is 1. The van der Waals surface area contributed by atoms with Gasteiger partial charge in [0, 0.05) is 13.2 Å². The lowest BCUT2D eigenvalue weighted by Gasteiger charge is -2.24. The summed E-state index contributed by atoms with van der Waals surface area (Å²) < 4.78 is 10.5. The summed E-state index contributed by atoms with van der Waals surface area (Å²) in [6.07, 6.45) is -0.896. The molecule has 0 aliphatic heterocycles. The number of hydrogen-bond acceptors (Lipinski definition) is 4. The van der Waals surface area contributed by atoms with E-state index in [1.54, 1.807) is 26.0 Å². The van der Waals surface area contributed by atoms with E-state index in [-0.39, 0.29) is 6.42 Å². The van der Waals surface area contributed by atoms with E-state index in [4.69, 9.17) is 9.47 Å². The van der Waals surface area contributed by atoms with Crippen LogP contribution in [0.2, 0.25) is 0 Å². The van der Waals surface area contributed by atoms with Crippen LogP contribution in [0.1, 0.15) is 19.4 Å². The van der Waals surface area contributed by atoms with Crippen LogP contribution in [0.3, 0.4) is 0 Å². The van der Waals surface area contributed by atoms with E-state index in [0.29, 0.717) is 13.2 Å². The van der Waals surface area contributed by atoms with Gasteiger partial charge in [-0.15, -0.1) is 0 Å². The number of nitrogens with one attached hydrogen (secondary N) is 1. The number of aliphatic carboxylic acids is 1. The Hall–Kier alpha value is -1.92. The number of carboxylic acid groups (broad SMARTS) is 1. The predicted octanol–water partition coefficient (Wildman–Crippen LogP) is 1.20. The molecular weight excluding hydrogens is 274 g/mol. The highest BCUT2D eigenvalue weighted by Gasteiger charge is 2.30. The first-order valence-corrected chi connectivity index (χ1v) is 6.87. The molecular formula is C15H21NO5. The lowest BCUT2D eigenvalue weighted by molar-refractivity contribution is -0.176. The summed E-state index contributed by atoms with van der Waals surface area (Å²) in [7, 11) is 0. The minimum atomic E-state index is -1.24. The summed E-state index contributed by atoms with van der Waals surface area (Å²) in [5.41, 5.74) is 0.809. The fourth-order valence-electron chi connectivity index (χ4n) is 1.82. The second-order valence-corrected chi connectivity index (χ2v) is 4.32. The van der Waals surface area contributed by atoms with Gasteiger partial charge in [0.2, 0.25) is 5.91 Å². The summed E-state index contributed by atoms with van der Waals surface area (Å²) in [6.45, 7) is 4.06. The standard InChI is InChI=1S/C15H21NO5/c1-3-20-15(21-4-2)13(14(18)19)16-12(17)10-11-8-6-5-7-9-11/h5-9,13,15H,3-4,10H2,1-2H3,(H,16,17)(H,18,19)/t13-/m0/s1. The van der Waals surface area contributed by atoms with Crippen molar-refractivity contribution in [2.75, 3.05) is 13.2 Å². The van der Waals surface area contributed by atoms with Crippen molar-refractivity contribution in [3.63, 3.8) is 0 Å². The Morgan fingerprint density at radius 3 is 2.19 bits per heavy atom. The normalized spacial score (nSPS) is 12.1. The zero-order valence-electron chi connectivity index (χ0n) is 12.2. The topological polar surface area (TPSA) is 84.9 Å². The van der Waals surface area contributed by atoms with E-state index < -0.39 is 24.2 Å². The van der Waals surface area contributed by atoms with E-state index in [0.717, 1.165) is 5.56 Å². The minimum Gasteiger partial charge on any atom is -0.480 e. The zero-order valence-corrected chi connectivity index (χ0v) is 12.2. The van der Waals surface area contributed by atoms with Crippen LogP contribution in [0.5, 0.6) is 0 Å². The molecule has 1 amide bonds. The largest absolute Gasteiger partial charge is 0.480 e. The average molecular weight is 295 g/mol. The van der Waals surface area contributed by atoms with Crippen LogP contribution in [0.25, 0.3) is 0 Å². The van der Waals surface area contributed by atoms with Crippen molar-refractivity contribution in [3.8, 4) is 0 Å². The van der Waals surface area contributed by atoms with Crippen molar-refractivity contribution in [2.45, 2.75) is 32.6 Å². The Bertz CT molecular complexity index is 443. The second-order valence-electron chi connectivity index (χ2n) is 4.32. The van der Waals surface area contributed by atoms with Crippen LogP contribution in [0.15, 0.2) is 30.3 Å². The number of ether oxygens (including phenoxy) is 2. The number of carbonyl (C=O) groups is 2. The van der Waals surface area contributed by atoms with Crippen LogP contribution < -0.4 is 5.32 Å². The Morgan fingerprint density at radius 2 is 1.71 bits per heavy atom. The van der Waals surface area contributed by atoms with Gasteiger partial charge >= 0.3 is 5.97 Å². The van der Waals surface area contributed by atoms with Gasteiger partial charge in [0.25, 0.3) is 0 Å². The van der Waals surface area contributed by atoms with E-state index in [2.05, 4.69) is 5.32 Å². The molecule has 0 aliphatic rings. The molecule has 0 unspecified atom stereocenters. The third-order valence-corrected chi connectivity index (χ3v) is 2.72. The smallest absolute Gasteiger partial charge is 0.331 e. The molecule has 0 radical (unpaired) electrons. The van der Waals surface area contributed by atoms with Crippen molar-refractivity contribution in [1.82, 2.24) is 5.32 Å². The molecule has 6 nitrogen and oxygen atoms in total.